The lowest BCUT2D eigenvalue weighted by Gasteiger charge is -2.29. The SMILES string of the molecule is CCOc1ccc(OCC(=O)Nc2ccc3c(c2)N(CCOc2ccc(OC)cc2)C(=O)CO3)cc1. The van der Waals surface area contributed by atoms with Crippen molar-refractivity contribution in [2.24, 2.45) is 0 Å². The van der Waals surface area contributed by atoms with E-state index in [1.54, 1.807) is 78.7 Å². The van der Waals surface area contributed by atoms with Crippen LogP contribution < -0.4 is 33.9 Å². The number of anilines is 2. The fourth-order valence-corrected chi connectivity index (χ4v) is 3.60. The van der Waals surface area contributed by atoms with Crippen molar-refractivity contribution in [1.29, 1.82) is 0 Å². The topological polar surface area (TPSA) is 95.6 Å². The Morgan fingerprint density at radius 2 is 1.56 bits per heavy atom. The van der Waals surface area contributed by atoms with Crippen LogP contribution in [0.4, 0.5) is 11.4 Å². The summed E-state index contributed by atoms with van der Waals surface area (Å²) in [6, 6.07) is 19.4. The van der Waals surface area contributed by atoms with Crippen LogP contribution in [0, 0.1) is 0 Å². The summed E-state index contributed by atoms with van der Waals surface area (Å²) in [4.78, 5) is 26.6. The quantitative estimate of drug-likeness (QED) is 0.434. The average Bonchev–Trinajstić information content (AvgIpc) is 2.90. The smallest absolute Gasteiger partial charge is 0.265 e. The Morgan fingerprint density at radius 1 is 0.917 bits per heavy atom. The van der Waals surface area contributed by atoms with Gasteiger partial charge in [-0.2, -0.15) is 0 Å². The molecule has 0 aliphatic carbocycles. The number of methoxy groups -OCH3 is 1. The zero-order valence-corrected chi connectivity index (χ0v) is 20.2. The molecule has 1 aliphatic heterocycles. The highest BCUT2D eigenvalue weighted by molar-refractivity contribution is 5.99. The van der Waals surface area contributed by atoms with Crippen LogP contribution in [-0.2, 0) is 9.59 Å². The molecule has 1 aliphatic rings. The standard InChI is InChI=1S/C27H28N2O7/c1-3-33-21-9-11-23(12-10-21)35-17-26(30)28-19-4-13-25-24(16-19)29(27(31)18-36-25)14-15-34-22-7-5-20(32-2)6-8-22/h4-13,16H,3,14-15,17-18H2,1-2H3,(H,28,30). The molecule has 0 spiro atoms. The largest absolute Gasteiger partial charge is 0.497 e. The van der Waals surface area contributed by atoms with Gasteiger partial charge in [0.25, 0.3) is 11.8 Å². The van der Waals surface area contributed by atoms with Crippen LogP contribution >= 0.6 is 0 Å². The maximum atomic E-state index is 12.6. The summed E-state index contributed by atoms with van der Waals surface area (Å²) in [5, 5.41) is 2.80. The summed E-state index contributed by atoms with van der Waals surface area (Å²) in [6.07, 6.45) is 0. The number of carbonyl (C=O) groups is 2. The van der Waals surface area contributed by atoms with Gasteiger partial charge in [0.1, 0.15) is 35.4 Å². The average molecular weight is 493 g/mol. The van der Waals surface area contributed by atoms with Gasteiger partial charge in [-0.25, -0.2) is 0 Å². The van der Waals surface area contributed by atoms with Crippen molar-refractivity contribution in [3.05, 3.63) is 66.7 Å². The van der Waals surface area contributed by atoms with Crippen molar-refractivity contribution < 1.29 is 33.3 Å². The monoisotopic (exact) mass is 492 g/mol. The van der Waals surface area contributed by atoms with Gasteiger partial charge in [-0.05, 0) is 73.7 Å². The molecular weight excluding hydrogens is 464 g/mol. The molecule has 36 heavy (non-hydrogen) atoms. The first-order chi connectivity index (χ1) is 17.6. The molecule has 0 radical (unpaired) electrons. The number of nitrogens with zero attached hydrogens (tertiary/aromatic N) is 1. The van der Waals surface area contributed by atoms with Crippen molar-refractivity contribution in [2.75, 3.05) is 50.3 Å². The molecule has 0 bridgehead atoms. The summed E-state index contributed by atoms with van der Waals surface area (Å²) in [7, 11) is 1.60. The van der Waals surface area contributed by atoms with E-state index in [4.69, 9.17) is 23.7 Å². The summed E-state index contributed by atoms with van der Waals surface area (Å²) in [5.74, 6) is 2.73. The maximum Gasteiger partial charge on any atom is 0.265 e. The van der Waals surface area contributed by atoms with Gasteiger partial charge in [0.05, 0.1) is 25.9 Å². The van der Waals surface area contributed by atoms with Crippen LogP contribution in [0.15, 0.2) is 66.7 Å². The Morgan fingerprint density at radius 3 is 2.22 bits per heavy atom. The highest BCUT2D eigenvalue weighted by atomic mass is 16.5. The lowest BCUT2D eigenvalue weighted by atomic mass is 10.2. The zero-order valence-electron chi connectivity index (χ0n) is 20.2. The van der Waals surface area contributed by atoms with E-state index in [1.165, 1.54) is 0 Å². The van der Waals surface area contributed by atoms with E-state index in [0.29, 0.717) is 41.8 Å². The van der Waals surface area contributed by atoms with Crippen LogP contribution in [0.2, 0.25) is 0 Å². The van der Waals surface area contributed by atoms with Crippen LogP contribution in [0.5, 0.6) is 28.7 Å². The predicted molar refractivity (Wildman–Crippen MR) is 135 cm³/mol. The number of rotatable bonds is 11. The lowest BCUT2D eigenvalue weighted by Crippen LogP contribution is -2.41. The Hall–Kier alpha value is -4.40. The van der Waals surface area contributed by atoms with E-state index in [2.05, 4.69) is 5.32 Å². The first kappa shape index (κ1) is 24.7. The highest BCUT2D eigenvalue weighted by Crippen LogP contribution is 2.34. The van der Waals surface area contributed by atoms with Crippen LogP contribution in [0.1, 0.15) is 6.92 Å². The molecule has 4 rings (SSSR count). The van der Waals surface area contributed by atoms with Gasteiger partial charge in [0.15, 0.2) is 13.2 Å². The minimum absolute atomic E-state index is 0.0584. The second-order valence-electron chi connectivity index (χ2n) is 7.78. The number of hydrogen-bond acceptors (Lipinski definition) is 7. The molecule has 0 saturated carbocycles. The molecule has 0 fully saturated rings. The van der Waals surface area contributed by atoms with Crippen LogP contribution in [0.3, 0.4) is 0 Å². The van der Waals surface area contributed by atoms with Gasteiger partial charge in [-0.3, -0.25) is 9.59 Å². The molecule has 3 aromatic carbocycles. The van der Waals surface area contributed by atoms with Gasteiger partial charge in [0.2, 0.25) is 0 Å². The summed E-state index contributed by atoms with van der Waals surface area (Å²) in [6.45, 7) is 2.86. The minimum atomic E-state index is -0.332. The van der Waals surface area contributed by atoms with Crippen molar-refractivity contribution in [3.63, 3.8) is 0 Å². The molecular formula is C27H28N2O7. The molecule has 1 N–H and O–H groups in total. The third-order valence-electron chi connectivity index (χ3n) is 5.33. The molecule has 2 amide bonds. The fourth-order valence-electron chi connectivity index (χ4n) is 3.60. The van der Waals surface area contributed by atoms with Crippen molar-refractivity contribution in [1.82, 2.24) is 0 Å². The van der Waals surface area contributed by atoms with Gasteiger partial charge in [0, 0.05) is 5.69 Å². The summed E-state index contributed by atoms with van der Waals surface area (Å²) >= 11 is 0. The van der Waals surface area contributed by atoms with Crippen LogP contribution in [0.25, 0.3) is 0 Å². The molecule has 0 unspecified atom stereocenters. The van der Waals surface area contributed by atoms with E-state index in [1.807, 2.05) is 6.92 Å². The third kappa shape index (κ3) is 6.38. The second-order valence-corrected chi connectivity index (χ2v) is 7.78. The first-order valence-corrected chi connectivity index (χ1v) is 11.6. The number of carbonyl (C=O) groups excluding carboxylic acids is 2. The Kier molecular flexibility index (Phi) is 8.12. The molecule has 1 heterocycles. The molecule has 9 heteroatoms. The molecule has 3 aromatic rings. The molecule has 0 atom stereocenters. The van der Waals surface area contributed by atoms with Crippen LogP contribution in [-0.4, -0.2) is 51.9 Å². The van der Waals surface area contributed by atoms with E-state index in [9.17, 15) is 9.59 Å². The number of nitrogens with one attached hydrogen (secondary N) is 1. The van der Waals surface area contributed by atoms with E-state index < -0.39 is 0 Å². The molecule has 188 valence electrons. The summed E-state index contributed by atoms with van der Waals surface area (Å²) in [5.41, 5.74) is 1.09. The van der Waals surface area contributed by atoms with Crippen molar-refractivity contribution in [3.8, 4) is 28.7 Å². The predicted octanol–water partition coefficient (Wildman–Crippen LogP) is 3.92. The third-order valence-corrected chi connectivity index (χ3v) is 5.33. The molecule has 9 nitrogen and oxygen atoms in total. The zero-order chi connectivity index (χ0) is 25.3. The Bertz CT molecular complexity index is 1180. The lowest BCUT2D eigenvalue weighted by molar-refractivity contribution is -0.121. The Labute approximate surface area is 209 Å². The molecule has 0 aromatic heterocycles. The number of amides is 2. The first-order valence-electron chi connectivity index (χ1n) is 11.6. The number of hydrogen-bond donors (Lipinski definition) is 1. The highest BCUT2D eigenvalue weighted by Gasteiger charge is 2.26. The maximum absolute atomic E-state index is 12.6. The van der Waals surface area contributed by atoms with E-state index in [-0.39, 0.29) is 31.6 Å². The molecule has 0 saturated heterocycles. The van der Waals surface area contributed by atoms with Gasteiger partial charge >= 0.3 is 0 Å². The number of fused-ring (bicyclic) bond motifs is 1. The minimum Gasteiger partial charge on any atom is -0.497 e. The van der Waals surface area contributed by atoms with Gasteiger partial charge < -0.3 is 33.9 Å². The van der Waals surface area contributed by atoms with E-state index in [0.717, 1.165) is 11.5 Å². The fraction of sp³-hybridized carbons (Fsp3) is 0.259. The second kappa shape index (κ2) is 11.8. The van der Waals surface area contributed by atoms with Crippen molar-refractivity contribution >= 4 is 23.2 Å². The van der Waals surface area contributed by atoms with E-state index >= 15 is 0 Å². The van der Waals surface area contributed by atoms with Gasteiger partial charge in [-0.1, -0.05) is 0 Å². The number of ether oxygens (including phenoxy) is 5. The van der Waals surface area contributed by atoms with Crippen molar-refractivity contribution in [2.45, 2.75) is 6.92 Å². The normalized spacial score (nSPS) is 12.3. The Balaban J connectivity index is 1.34. The van der Waals surface area contributed by atoms with Gasteiger partial charge in [-0.15, -0.1) is 0 Å². The summed E-state index contributed by atoms with van der Waals surface area (Å²) < 4.78 is 27.4. The number of benzene rings is 3.